The zero-order valence-electron chi connectivity index (χ0n) is 19.2. The highest BCUT2D eigenvalue weighted by atomic mass is 16.1. The van der Waals surface area contributed by atoms with E-state index in [1.165, 1.54) is 0 Å². The Morgan fingerprint density at radius 3 is 2.91 bits per heavy atom. The number of allylic oxidation sites excluding steroid dienone is 1. The van der Waals surface area contributed by atoms with E-state index in [0.29, 0.717) is 5.82 Å². The van der Waals surface area contributed by atoms with Crippen LogP contribution in [0, 0.1) is 0 Å². The van der Waals surface area contributed by atoms with Crippen molar-refractivity contribution in [3.8, 4) is 11.4 Å². The molecule has 2 heterocycles. The van der Waals surface area contributed by atoms with Crippen molar-refractivity contribution in [2.24, 2.45) is 5.10 Å². The summed E-state index contributed by atoms with van der Waals surface area (Å²) >= 11 is 0. The van der Waals surface area contributed by atoms with Gasteiger partial charge in [0.05, 0.1) is 24.3 Å². The van der Waals surface area contributed by atoms with Gasteiger partial charge in [0.1, 0.15) is 5.82 Å². The third-order valence-corrected chi connectivity index (χ3v) is 5.63. The fourth-order valence-corrected chi connectivity index (χ4v) is 4.02. The Labute approximate surface area is 198 Å². The molecule has 1 atom stereocenters. The van der Waals surface area contributed by atoms with Gasteiger partial charge in [-0.25, -0.2) is 9.97 Å². The predicted octanol–water partition coefficient (Wildman–Crippen LogP) is 3.82. The number of fused-ring (bicyclic) bond motifs is 2. The van der Waals surface area contributed by atoms with E-state index in [-0.39, 0.29) is 24.5 Å². The molecule has 0 radical (unpaired) electrons. The van der Waals surface area contributed by atoms with Crippen molar-refractivity contribution >= 4 is 34.5 Å². The maximum atomic E-state index is 12.0. The van der Waals surface area contributed by atoms with Crippen LogP contribution in [0.15, 0.2) is 77.1 Å². The average Bonchev–Trinajstić information content (AvgIpc) is 3.30. The van der Waals surface area contributed by atoms with Gasteiger partial charge in [-0.3, -0.25) is 4.79 Å². The Kier molecular flexibility index (Phi) is 5.95. The summed E-state index contributed by atoms with van der Waals surface area (Å²) in [6, 6.07) is 16.1. The van der Waals surface area contributed by atoms with E-state index in [0.717, 1.165) is 45.7 Å². The van der Waals surface area contributed by atoms with Crippen molar-refractivity contribution in [3.05, 3.63) is 72.0 Å². The fraction of sp³-hybridized carbons (Fsp3) is 0.231. The monoisotopic (exact) mass is 453 g/mol. The first-order valence-electron chi connectivity index (χ1n) is 11.4. The second-order valence-corrected chi connectivity index (χ2v) is 8.67. The summed E-state index contributed by atoms with van der Waals surface area (Å²) in [5.74, 6) is 1.32. The summed E-state index contributed by atoms with van der Waals surface area (Å²) in [5.41, 5.74) is 7.81. The SMILES string of the molecule is CC(C)NC(=O)CNc1cccc(-c2nc(NC3=CCC4NN=CC4=C3)c3ccccc3n2)c1. The standard InChI is InChI=1S/C26H27N7O/c1-16(2)29-24(34)15-27-19-7-5-6-17(12-19)25-31-23-9-4-3-8-21(23)26(32-25)30-20-10-11-22-18(13-20)14-28-33-22/h3-10,12-14,16,22,27,33H,11,15H2,1-2H3,(H,29,34)(H,30,31,32). The number of carbonyl (C=O) groups excluding carboxylic acids is 1. The van der Waals surface area contributed by atoms with Crippen LogP contribution in [0.3, 0.4) is 0 Å². The molecule has 34 heavy (non-hydrogen) atoms. The summed E-state index contributed by atoms with van der Waals surface area (Å²) in [5, 5.41) is 14.7. The van der Waals surface area contributed by atoms with Gasteiger partial charge in [-0.2, -0.15) is 5.10 Å². The molecular formula is C26H27N7O. The maximum absolute atomic E-state index is 12.0. The number of nitrogens with zero attached hydrogens (tertiary/aromatic N) is 3. The van der Waals surface area contributed by atoms with Gasteiger partial charge < -0.3 is 21.4 Å². The minimum atomic E-state index is -0.0477. The van der Waals surface area contributed by atoms with Crippen LogP contribution in [-0.2, 0) is 4.79 Å². The molecule has 1 amide bonds. The smallest absolute Gasteiger partial charge is 0.239 e. The first kappa shape index (κ1) is 21.6. The summed E-state index contributed by atoms with van der Waals surface area (Å²) in [4.78, 5) is 21.7. The molecule has 1 aliphatic heterocycles. The number of hydrazone groups is 1. The molecule has 0 bridgehead atoms. The highest BCUT2D eigenvalue weighted by Crippen LogP contribution is 2.28. The molecule has 172 valence electrons. The predicted molar refractivity (Wildman–Crippen MR) is 137 cm³/mol. The lowest BCUT2D eigenvalue weighted by atomic mass is 9.99. The van der Waals surface area contributed by atoms with Crippen molar-refractivity contribution in [3.63, 3.8) is 0 Å². The lowest BCUT2D eigenvalue weighted by molar-refractivity contribution is -0.119. The van der Waals surface area contributed by atoms with Gasteiger partial charge >= 0.3 is 0 Å². The van der Waals surface area contributed by atoms with Gasteiger partial charge in [0.15, 0.2) is 5.82 Å². The van der Waals surface area contributed by atoms with Gasteiger partial charge in [0.2, 0.25) is 5.91 Å². The van der Waals surface area contributed by atoms with Crippen molar-refractivity contribution in [2.45, 2.75) is 32.4 Å². The van der Waals surface area contributed by atoms with E-state index < -0.39 is 0 Å². The molecule has 0 saturated heterocycles. The number of hydrogen-bond donors (Lipinski definition) is 4. The summed E-state index contributed by atoms with van der Waals surface area (Å²) < 4.78 is 0. The van der Waals surface area contributed by atoms with Crippen molar-refractivity contribution in [1.82, 2.24) is 20.7 Å². The number of benzene rings is 2. The first-order valence-corrected chi connectivity index (χ1v) is 11.4. The molecule has 0 spiro atoms. The number of para-hydroxylation sites is 1. The molecular weight excluding hydrogens is 426 g/mol. The number of carbonyl (C=O) groups is 1. The molecule has 5 rings (SSSR count). The van der Waals surface area contributed by atoms with Crippen LogP contribution in [-0.4, -0.2) is 40.7 Å². The number of hydrogen-bond acceptors (Lipinski definition) is 7. The molecule has 2 aromatic carbocycles. The van der Waals surface area contributed by atoms with E-state index in [9.17, 15) is 4.79 Å². The number of anilines is 2. The van der Waals surface area contributed by atoms with E-state index >= 15 is 0 Å². The molecule has 4 N–H and O–H groups in total. The van der Waals surface area contributed by atoms with E-state index in [4.69, 9.17) is 9.97 Å². The number of aromatic nitrogens is 2. The van der Waals surface area contributed by atoms with Crippen molar-refractivity contribution in [1.29, 1.82) is 0 Å². The Morgan fingerprint density at radius 1 is 1.15 bits per heavy atom. The average molecular weight is 454 g/mol. The number of amides is 1. The highest BCUT2D eigenvalue weighted by molar-refractivity contribution is 5.92. The summed E-state index contributed by atoms with van der Waals surface area (Å²) in [6.07, 6.45) is 6.98. The zero-order valence-corrected chi connectivity index (χ0v) is 19.2. The van der Waals surface area contributed by atoms with Crippen molar-refractivity contribution in [2.75, 3.05) is 17.2 Å². The molecule has 0 fully saturated rings. The first-order chi connectivity index (χ1) is 16.5. The highest BCUT2D eigenvalue weighted by Gasteiger charge is 2.20. The molecule has 1 aliphatic carbocycles. The molecule has 0 saturated carbocycles. The van der Waals surface area contributed by atoms with Crippen LogP contribution in [0.4, 0.5) is 11.5 Å². The minimum Gasteiger partial charge on any atom is -0.376 e. The largest absolute Gasteiger partial charge is 0.376 e. The second kappa shape index (κ2) is 9.35. The van der Waals surface area contributed by atoms with Gasteiger partial charge in [0.25, 0.3) is 0 Å². The molecule has 1 unspecified atom stereocenters. The molecule has 8 heteroatoms. The van der Waals surface area contributed by atoms with Crippen LogP contribution in [0.25, 0.3) is 22.3 Å². The second-order valence-electron chi connectivity index (χ2n) is 8.67. The molecule has 3 aromatic rings. The van der Waals surface area contributed by atoms with Crippen LogP contribution in [0.2, 0.25) is 0 Å². The van der Waals surface area contributed by atoms with Gasteiger partial charge in [-0.15, -0.1) is 0 Å². The number of rotatable bonds is 7. The third kappa shape index (κ3) is 4.76. The fourth-order valence-electron chi connectivity index (χ4n) is 4.02. The van der Waals surface area contributed by atoms with Gasteiger partial charge in [0, 0.05) is 28.4 Å². The van der Waals surface area contributed by atoms with Gasteiger partial charge in [-0.1, -0.05) is 30.3 Å². The topological polar surface area (TPSA) is 103 Å². The third-order valence-electron chi connectivity index (χ3n) is 5.63. The van der Waals surface area contributed by atoms with E-state index in [1.807, 2.05) is 68.6 Å². The Morgan fingerprint density at radius 2 is 2.03 bits per heavy atom. The van der Waals surface area contributed by atoms with Gasteiger partial charge in [-0.05, 0) is 56.2 Å². The minimum absolute atomic E-state index is 0.0477. The Hall–Kier alpha value is -4.20. The molecule has 1 aromatic heterocycles. The van der Waals surface area contributed by atoms with Crippen molar-refractivity contribution < 1.29 is 4.79 Å². The Bertz CT molecular complexity index is 1330. The zero-order chi connectivity index (χ0) is 23.5. The number of nitrogens with one attached hydrogen (secondary N) is 4. The van der Waals surface area contributed by atoms with Crippen LogP contribution < -0.4 is 21.4 Å². The van der Waals surface area contributed by atoms with E-state index in [1.54, 1.807) is 0 Å². The lowest BCUT2D eigenvalue weighted by Gasteiger charge is -2.18. The summed E-state index contributed by atoms with van der Waals surface area (Å²) in [6.45, 7) is 4.09. The molecule has 8 nitrogen and oxygen atoms in total. The quantitative estimate of drug-likeness (QED) is 0.434. The maximum Gasteiger partial charge on any atom is 0.239 e. The van der Waals surface area contributed by atoms with Crippen LogP contribution in [0.1, 0.15) is 20.3 Å². The van der Waals surface area contributed by atoms with E-state index in [2.05, 4.69) is 38.6 Å². The lowest BCUT2D eigenvalue weighted by Crippen LogP contribution is -2.34. The van der Waals surface area contributed by atoms with Crippen LogP contribution in [0.5, 0.6) is 0 Å². The molecule has 2 aliphatic rings. The van der Waals surface area contributed by atoms with Crippen LogP contribution >= 0.6 is 0 Å². The Balaban J connectivity index is 1.43. The summed E-state index contributed by atoms with van der Waals surface area (Å²) in [7, 11) is 0. The normalized spacial score (nSPS) is 16.5.